The number of aryl methyl sites for hydroxylation is 2. The monoisotopic (exact) mass is 513 g/mol. The highest BCUT2D eigenvalue weighted by Crippen LogP contribution is 2.43. The molecule has 1 saturated carbocycles. The number of rotatable bonds is 8. The zero-order chi connectivity index (χ0) is 25.9. The predicted octanol–water partition coefficient (Wildman–Crippen LogP) is 5.90. The molecule has 2 amide bonds. The maximum Gasteiger partial charge on any atom is 0.319 e. The van der Waals surface area contributed by atoms with E-state index in [0.717, 1.165) is 53.0 Å². The van der Waals surface area contributed by atoms with Gasteiger partial charge in [0.15, 0.2) is 0 Å². The van der Waals surface area contributed by atoms with Crippen LogP contribution >= 0.6 is 11.8 Å². The van der Waals surface area contributed by atoms with Crippen LogP contribution in [-0.4, -0.2) is 37.2 Å². The van der Waals surface area contributed by atoms with E-state index in [2.05, 4.69) is 49.7 Å². The molecule has 8 nitrogen and oxygen atoms in total. The van der Waals surface area contributed by atoms with Crippen molar-refractivity contribution in [3.63, 3.8) is 0 Å². The van der Waals surface area contributed by atoms with Gasteiger partial charge >= 0.3 is 6.03 Å². The first-order chi connectivity index (χ1) is 17.9. The van der Waals surface area contributed by atoms with Gasteiger partial charge in [-0.15, -0.1) is 22.0 Å². The van der Waals surface area contributed by atoms with E-state index in [4.69, 9.17) is 0 Å². The molecule has 0 spiro atoms. The van der Waals surface area contributed by atoms with Crippen molar-refractivity contribution in [1.82, 2.24) is 24.6 Å². The highest BCUT2D eigenvalue weighted by atomic mass is 32.2. The van der Waals surface area contributed by atoms with E-state index in [1.807, 2.05) is 49.7 Å². The second kappa shape index (κ2) is 10.7. The van der Waals surface area contributed by atoms with Crippen molar-refractivity contribution in [2.24, 2.45) is 7.05 Å². The number of amides is 2. The van der Waals surface area contributed by atoms with Crippen LogP contribution in [-0.2, 0) is 13.5 Å². The Morgan fingerprint density at radius 1 is 1.22 bits per heavy atom. The number of carbonyl (C=O) groups excluding carboxylic acids is 1. The molecule has 37 heavy (non-hydrogen) atoms. The van der Waals surface area contributed by atoms with Crippen molar-refractivity contribution in [3.8, 4) is 17.3 Å². The number of urea groups is 1. The molecule has 0 aliphatic heterocycles. The molecule has 2 aromatic carbocycles. The van der Waals surface area contributed by atoms with Crippen LogP contribution in [0, 0.1) is 11.3 Å². The molecule has 1 aliphatic carbocycles. The molecule has 1 aliphatic rings. The third kappa shape index (κ3) is 5.20. The molecule has 0 bridgehead atoms. The molecule has 0 unspecified atom stereocenters. The molecule has 0 radical (unpaired) electrons. The Hall–Kier alpha value is -3.77. The minimum absolute atomic E-state index is 0.0607. The minimum Gasteiger partial charge on any atom is -0.336 e. The van der Waals surface area contributed by atoms with E-state index in [1.54, 1.807) is 18.1 Å². The van der Waals surface area contributed by atoms with Gasteiger partial charge in [-0.1, -0.05) is 18.2 Å². The Morgan fingerprint density at radius 3 is 2.62 bits per heavy atom. The Morgan fingerprint density at radius 2 is 2.00 bits per heavy atom. The SMILES string of the molecule is CC(C)NC(=O)Nc1ccc(-c2c(C#N)c3ccc(SCCc4nncn4C)cc3n2C2CCC2)cc1. The van der Waals surface area contributed by atoms with Gasteiger partial charge in [-0.05, 0) is 62.9 Å². The Labute approximate surface area is 221 Å². The van der Waals surface area contributed by atoms with Gasteiger partial charge in [0, 0.05) is 47.3 Å². The predicted molar refractivity (Wildman–Crippen MR) is 148 cm³/mol. The number of hydrogen-bond donors (Lipinski definition) is 2. The molecule has 9 heteroatoms. The summed E-state index contributed by atoms with van der Waals surface area (Å²) in [6, 6.07) is 16.9. The standard InChI is InChI=1S/C28H31N7OS/c1-18(2)31-28(36)32-20-9-7-19(8-10-20)27-24(16-29)23-12-11-22(15-25(23)35(27)21-5-4-6-21)37-14-13-26-33-30-17-34(26)3/h7-12,15,17-18,21H,4-6,13-14H2,1-3H3,(H2,31,32,36). The number of nitriles is 1. The van der Waals surface area contributed by atoms with Gasteiger partial charge in [0.1, 0.15) is 18.2 Å². The topological polar surface area (TPSA) is 101 Å². The lowest BCUT2D eigenvalue weighted by Crippen LogP contribution is -2.34. The zero-order valence-electron chi connectivity index (χ0n) is 21.4. The van der Waals surface area contributed by atoms with Gasteiger partial charge in [-0.25, -0.2) is 4.79 Å². The zero-order valence-corrected chi connectivity index (χ0v) is 22.2. The Kier molecular flexibility index (Phi) is 7.19. The second-order valence-electron chi connectivity index (χ2n) is 9.76. The Bertz CT molecular complexity index is 1460. The quantitative estimate of drug-likeness (QED) is 0.286. The summed E-state index contributed by atoms with van der Waals surface area (Å²) >= 11 is 1.79. The number of hydrogen-bond acceptors (Lipinski definition) is 5. The van der Waals surface area contributed by atoms with Crippen LogP contribution < -0.4 is 10.6 Å². The average Bonchev–Trinajstić information content (AvgIpc) is 3.38. The van der Waals surface area contributed by atoms with Crippen LogP contribution in [0.25, 0.3) is 22.2 Å². The number of aromatic nitrogens is 4. The first kappa shape index (κ1) is 24.9. The van der Waals surface area contributed by atoms with Gasteiger partial charge < -0.3 is 19.8 Å². The molecular formula is C28H31N7OS. The van der Waals surface area contributed by atoms with E-state index in [9.17, 15) is 10.1 Å². The third-order valence-electron chi connectivity index (χ3n) is 6.76. The molecule has 1 fully saturated rings. The fourth-order valence-electron chi connectivity index (χ4n) is 4.74. The van der Waals surface area contributed by atoms with Crippen LogP contribution in [0.1, 0.15) is 50.5 Å². The minimum atomic E-state index is -0.228. The summed E-state index contributed by atoms with van der Waals surface area (Å²) in [7, 11) is 1.96. The Balaban J connectivity index is 1.46. The molecule has 5 rings (SSSR count). The fourth-order valence-corrected chi connectivity index (χ4v) is 5.62. The van der Waals surface area contributed by atoms with Crippen LogP contribution in [0.4, 0.5) is 10.5 Å². The maximum atomic E-state index is 12.1. The lowest BCUT2D eigenvalue weighted by atomic mass is 9.92. The van der Waals surface area contributed by atoms with Crippen molar-refractivity contribution in [3.05, 3.63) is 60.2 Å². The van der Waals surface area contributed by atoms with Gasteiger partial charge in [0.2, 0.25) is 0 Å². The van der Waals surface area contributed by atoms with Crippen LogP contribution in [0.3, 0.4) is 0 Å². The molecule has 2 heterocycles. The smallest absolute Gasteiger partial charge is 0.319 e. The number of carbonyl (C=O) groups is 1. The largest absolute Gasteiger partial charge is 0.336 e. The van der Waals surface area contributed by atoms with Gasteiger partial charge in [-0.3, -0.25) is 0 Å². The van der Waals surface area contributed by atoms with Crippen LogP contribution in [0.2, 0.25) is 0 Å². The normalized spacial score (nSPS) is 13.5. The third-order valence-corrected chi connectivity index (χ3v) is 7.76. The van der Waals surface area contributed by atoms with Crippen molar-refractivity contribution >= 4 is 34.4 Å². The van der Waals surface area contributed by atoms with Gasteiger partial charge in [0.05, 0.1) is 16.8 Å². The number of fused-ring (bicyclic) bond motifs is 1. The van der Waals surface area contributed by atoms with E-state index < -0.39 is 0 Å². The highest BCUT2D eigenvalue weighted by molar-refractivity contribution is 7.99. The second-order valence-corrected chi connectivity index (χ2v) is 10.9. The molecule has 0 saturated heterocycles. The van der Waals surface area contributed by atoms with Crippen molar-refractivity contribution in [1.29, 1.82) is 5.26 Å². The number of nitrogens with zero attached hydrogens (tertiary/aromatic N) is 5. The summed E-state index contributed by atoms with van der Waals surface area (Å²) < 4.78 is 4.33. The lowest BCUT2D eigenvalue weighted by Gasteiger charge is -2.30. The van der Waals surface area contributed by atoms with E-state index in [0.29, 0.717) is 17.3 Å². The summed E-state index contributed by atoms with van der Waals surface area (Å²) in [5, 5.41) is 25.1. The number of nitrogens with one attached hydrogen (secondary N) is 2. The summed E-state index contributed by atoms with van der Waals surface area (Å²) in [5.74, 6) is 1.87. The van der Waals surface area contributed by atoms with Crippen molar-refractivity contribution < 1.29 is 4.79 Å². The van der Waals surface area contributed by atoms with E-state index in [-0.39, 0.29) is 12.1 Å². The molecule has 2 aromatic heterocycles. The van der Waals surface area contributed by atoms with Gasteiger partial charge in [-0.2, -0.15) is 5.26 Å². The number of benzene rings is 2. The molecule has 2 N–H and O–H groups in total. The maximum absolute atomic E-state index is 12.1. The number of anilines is 1. The molecule has 4 aromatic rings. The first-order valence-corrected chi connectivity index (χ1v) is 13.6. The van der Waals surface area contributed by atoms with Crippen LogP contribution in [0.15, 0.2) is 53.7 Å². The molecule has 0 atom stereocenters. The highest BCUT2D eigenvalue weighted by Gasteiger charge is 2.28. The summed E-state index contributed by atoms with van der Waals surface area (Å²) in [6.07, 6.45) is 5.99. The fraction of sp³-hybridized carbons (Fsp3) is 0.357. The summed E-state index contributed by atoms with van der Waals surface area (Å²) in [4.78, 5) is 13.3. The van der Waals surface area contributed by atoms with Crippen molar-refractivity contribution in [2.45, 2.75) is 56.5 Å². The van der Waals surface area contributed by atoms with E-state index >= 15 is 0 Å². The summed E-state index contributed by atoms with van der Waals surface area (Å²) in [5.41, 5.74) is 4.47. The lowest BCUT2D eigenvalue weighted by molar-refractivity contribution is 0.250. The van der Waals surface area contributed by atoms with Crippen molar-refractivity contribution in [2.75, 3.05) is 11.1 Å². The van der Waals surface area contributed by atoms with Gasteiger partial charge in [0.25, 0.3) is 0 Å². The van der Waals surface area contributed by atoms with E-state index in [1.165, 1.54) is 11.3 Å². The first-order valence-electron chi connectivity index (χ1n) is 12.7. The molecular weight excluding hydrogens is 482 g/mol. The number of thioether (sulfide) groups is 1. The summed E-state index contributed by atoms with van der Waals surface area (Å²) in [6.45, 7) is 3.85. The average molecular weight is 514 g/mol. The molecule has 190 valence electrons. The van der Waals surface area contributed by atoms with Crippen LogP contribution in [0.5, 0.6) is 0 Å².